The molecule has 0 saturated carbocycles. The summed E-state index contributed by atoms with van der Waals surface area (Å²) in [6.07, 6.45) is -0.370. The van der Waals surface area contributed by atoms with Gasteiger partial charge in [-0.15, -0.1) is 0 Å². The molecule has 56 valence electrons. The third-order valence-electron chi connectivity index (χ3n) is 0.749. The zero-order valence-electron chi connectivity index (χ0n) is 5.29. The van der Waals surface area contributed by atoms with Gasteiger partial charge in [0.15, 0.2) is 0 Å². The molecule has 3 N–H and O–H groups in total. The van der Waals surface area contributed by atoms with Crippen LogP contribution in [0.2, 0.25) is 0 Å². The number of hydrogen-bond donors (Lipinski definition) is 3. The Bertz CT molecular complexity index is 184. The van der Waals surface area contributed by atoms with Crippen LogP contribution in [-0.4, -0.2) is 22.3 Å². The first-order valence-electron chi connectivity index (χ1n) is 2.43. The second-order valence-electron chi connectivity index (χ2n) is 1.58. The van der Waals surface area contributed by atoms with Crippen LogP contribution in [0, 0.1) is 0 Å². The highest BCUT2D eigenvalue weighted by molar-refractivity contribution is 5.86. The predicted octanol–water partition coefficient (Wildman–Crippen LogP) is 0.242. The number of hydrogen-bond acceptors (Lipinski definition) is 2. The molecule has 0 unspecified atom stereocenters. The molecule has 0 bridgehead atoms. The highest BCUT2D eigenvalue weighted by atomic mass is 16.4. The minimum atomic E-state index is -1.28. The topological polar surface area (TPSA) is 86.6 Å². The third-order valence-corrected chi connectivity index (χ3v) is 0.749. The number of rotatable bonds is 2. The summed E-state index contributed by atoms with van der Waals surface area (Å²) in [5.74, 6) is -1.14. The molecule has 0 rings (SSSR count). The Hall–Kier alpha value is -1.52. The maximum absolute atomic E-state index is 10.0. The lowest BCUT2D eigenvalue weighted by Gasteiger charge is -1.91. The van der Waals surface area contributed by atoms with Crippen molar-refractivity contribution in [3.63, 3.8) is 0 Å². The first kappa shape index (κ1) is 8.48. The highest BCUT2D eigenvalue weighted by Crippen LogP contribution is 1.87. The van der Waals surface area contributed by atoms with E-state index in [9.17, 15) is 9.59 Å². The Kier molecular flexibility index (Phi) is 2.96. The van der Waals surface area contributed by atoms with Crippen molar-refractivity contribution in [2.24, 2.45) is 0 Å². The molecule has 0 aromatic rings. The molecule has 0 radical (unpaired) electrons. The molecule has 10 heavy (non-hydrogen) atoms. The Morgan fingerprint density at radius 1 is 1.40 bits per heavy atom. The van der Waals surface area contributed by atoms with Gasteiger partial charge in [0.05, 0.1) is 5.57 Å². The van der Waals surface area contributed by atoms with Crippen LogP contribution in [0.15, 0.2) is 11.8 Å². The van der Waals surface area contributed by atoms with Gasteiger partial charge in [0, 0.05) is 6.20 Å². The first-order valence-corrected chi connectivity index (χ1v) is 2.43. The molecule has 0 aromatic carbocycles. The van der Waals surface area contributed by atoms with Crippen LogP contribution in [0.4, 0.5) is 4.79 Å². The van der Waals surface area contributed by atoms with E-state index in [-0.39, 0.29) is 5.57 Å². The van der Waals surface area contributed by atoms with Gasteiger partial charge in [-0.3, -0.25) is 5.32 Å². The van der Waals surface area contributed by atoms with Crippen molar-refractivity contribution in [3.8, 4) is 0 Å². The molecule has 0 aliphatic heterocycles. The number of aliphatic carboxylic acids is 1. The molecular weight excluding hydrogens is 138 g/mol. The van der Waals surface area contributed by atoms with Crippen molar-refractivity contribution in [1.82, 2.24) is 5.32 Å². The maximum Gasteiger partial charge on any atom is 0.408 e. The van der Waals surface area contributed by atoms with Crippen LogP contribution in [0.25, 0.3) is 0 Å². The van der Waals surface area contributed by atoms with Gasteiger partial charge in [-0.2, -0.15) is 0 Å². The lowest BCUT2D eigenvalue weighted by Crippen LogP contribution is -2.15. The normalized spacial score (nSPS) is 10.7. The van der Waals surface area contributed by atoms with E-state index in [0.717, 1.165) is 6.20 Å². The van der Waals surface area contributed by atoms with E-state index in [1.165, 1.54) is 6.92 Å². The van der Waals surface area contributed by atoms with Crippen LogP contribution in [0.1, 0.15) is 6.92 Å². The van der Waals surface area contributed by atoms with E-state index < -0.39 is 12.1 Å². The summed E-state index contributed by atoms with van der Waals surface area (Å²) in [6.45, 7) is 1.29. The van der Waals surface area contributed by atoms with E-state index in [1.54, 1.807) is 5.32 Å². The van der Waals surface area contributed by atoms with Crippen molar-refractivity contribution in [2.75, 3.05) is 0 Å². The Morgan fingerprint density at radius 3 is 2.20 bits per heavy atom. The minimum Gasteiger partial charge on any atom is -0.478 e. The minimum absolute atomic E-state index is 0.0533. The SMILES string of the molecule is C/C(=C\NC(=O)O)C(=O)O. The monoisotopic (exact) mass is 145 g/mol. The molecule has 0 spiro atoms. The van der Waals surface area contributed by atoms with Crippen LogP contribution >= 0.6 is 0 Å². The molecule has 0 atom stereocenters. The summed E-state index contributed by atoms with van der Waals surface area (Å²) in [5.41, 5.74) is -0.0533. The van der Waals surface area contributed by atoms with E-state index >= 15 is 0 Å². The fraction of sp³-hybridized carbons (Fsp3) is 0.200. The van der Waals surface area contributed by atoms with Crippen molar-refractivity contribution < 1.29 is 19.8 Å². The molecule has 0 heterocycles. The van der Waals surface area contributed by atoms with Gasteiger partial charge in [-0.25, -0.2) is 9.59 Å². The largest absolute Gasteiger partial charge is 0.478 e. The van der Waals surface area contributed by atoms with Gasteiger partial charge >= 0.3 is 12.1 Å². The highest BCUT2D eigenvalue weighted by Gasteiger charge is 1.98. The average Bonchev–Trinajstić information content (AvgIpc) is 1.82. The van der Waals surface area contributed by atoms with E-state index in [2.05, 4.69) is 0 Å². The average molecular weight is 145 g/mol. The second-order valence-corrected chi connectivity index (χ2v) is 1.58. The first-order chi connectivity index (χ1) is 4.54. The third kappa shape index (κ3) is 3.48. The van der Waals surface area contributed by atoms with Crippen molar-refractivity contribution in [3.05, 3.63) is 11.8 Å². The van der Waals surface area contributed by atoms with Crippen LogP contribution in [0.3, 0.4) is 0 Å². The van der Waals surface area contributed by atoms with Crippen LogP contribution in [-0.2, 0) is 4.79 Å². The van der Waals surface area contributed by atoms with Gasteiger partial charge in [-0.05, 0) is 6.92 Å². The Balaban J connectivity index is 3.92. The molecule has 0 aliphatic rings. The molecule has 1 amide bonds. The van der Waals surface area contributed by atoms with E-state index in [4.69, 9.17) is 10.2 Å². The predicted molar refractivity (Wildman–Crippen MR) is 32.6 cm³/mol. The van der Waals surface area contributed by atoms with Crippen molar-refractivity contribution in [2.45, 2.75) is 6.92 Å². The molecule has 0 aromatic heterocycles. The smallest absolute Gasteiger partial charge is 0.408 e. The maximum atomic E-state index is 10.0. The summed E-state index contributed by atoms with van der Waals surface area (Å²) >= 11 is 0. The fourth-order valence-corrected chi connectivity index (χ4v) is 0.232. The summed E-state index contributed by atoms with van der Waals surface area (Å²) in [4.78, 5) is 19.8. The summed E-state index contributed by atoms with van der Waals surface area (Å²) in [5, 5.41) is 18.0. The quantitative estimate of drug-likeness (QED) is 0.486. The van der Waals surface area contributed by atoms with Crippen molar-refractivity contribution in [1.29, 1.82) is 0 Å². The standard InChI is InChI=1S/C5H7NO4/c1-3(4(7)8)2-6-5(9)10/h2,6H,1H3,(H,7,8)(H,9,10)/b3-2+. The lowest BCUT2D eigenvalue weighted by molar-refractivity contribution is -0.132. The number of amides is 1. The molecule has 5 heteroatoms. The molecule has 5 nitrogen and oxygen atoms in total. The fourth-order valence-electron chi connectivity index (χ4n) is 0.232. The number of carboxylic acid groups (broad SMARTS) is 2. The lowest BCUT2D eigenvalue weighted by atomic mass is 10.3. The summed E-state index contributed by atoms with van der Waals surface area (Å²) < 4.78 is 0. The van der Waals surface area contributed by atoms with Gasteiger partial charge in [0.1, 0.15) is 0 Å². The van der Waals surface area contributed by atoms with Gasteiger partial charge in [0.2, 0.25) is 0 Å². The zero-order chi connectivity index (χ0) is 8.15. The Labute approximate surface area is 57.0 Å². The van der Waals surface area contributed by atoms with E-state index in [1.807, 2.05) is 0 Å². The number of carboxylic acids is 1. The molecule has 0 aliphatic carbocycles. The van der Waals surface area contributed by atoms with Crippen LogP contribution < -0.4 is 5.32 Å². The van der Waals surface area contributed by atoms with Gasteiger partial charge in [-0.1, -0.05) is 0 Å². The Morgan fingerprint density at radius 2 is 1.90 bits per heavy atom. The molecule has 0 fully saturated rings. The van der Waals surface area contributed by atoms with Gasteiger partial charge < -0.3 is 10.2 Å². The van der Waals surface area contributed by atoms with E-state index in [0.29, 0.717) is 0 Å². The molecule has 0 saturated heterocycles. The zero-order valence-corrected chi connectivity index (χ0v) is 5.29. The summed E-state index contributed by atoms with van der Waals surface area (Å²) in [7, 11) is 0. The number of carbonyl (C=O) groups is 2. The van der Waals surface area contributed by atoms with Gasteiger partial charge in [0.25, 0.3) is 0 Å². The second kappa shape index (κ2) is 3.49. The van der Waals surface area contributed by atoms with Crippen molar-refractivity contribution >= 4 is 12.1 Å². The molecular formula is C5H7NO4. The van der Waals surface area contributed by atoms with Crippen LogP contribution in [0.5, 0.6) is 0 Å². The summed E-state index contributed by atoms with van der Waals surface area (Å²) in [6, 6.07) is 0. The number of nitrogens with one attached hydrogen (secondary N) is 1.